The second kappa shape index (κ2) is 5.60. The van der Waals surface area contributed by atoms with Crippen LogP contribution in [0.1, 0.15) is 16.2 Å². The van der Waals surface area contributed by atoms with Crippen molar-refractivity contribution in [2.75, 3.05) is 12.4 Å². The van der Waals surface area contributed by atoms with E-state index >= 15 is 0 Å². The molecular formula is C11H8ClF3N4O2. The van der Waals surface area contributed by atoms with E-state index in [9.17, 15) is 18.0 Å². The van der Waals surface area contributed by atoms with E-state index in [1.165, 1.54) is 25.3 Å². The number of aromatic nitrogens is 3. The van der Waals surface area contributed by atoms with Crippen molar-refractivity contribution in [2.45, 2.75) is 6.18 Å². The van der Waals surface area contributed by atoms with Gasteiger partial charge < -0.3 is 4.74 Å². The zero-order chi connectivity index (χ0) is 15.6. The van der Waals surface area contributed by atoms with Gasteiger partial charge in [-0.05, 0) is 18.2 Å². The zero-order valence-electron chi connectivity index (χ0n) is 10.5. The van der Waals surface area contributed by atoms with Crippen molar-refractivity contribution in [2.24, 2.45) is 0 Å². The molecular weight excluding hydrogens is 313 g/mol. The molecule has 1 amide bonds. The number of H-pyrrole nitrogens is 1. The number of hydrogen-bond acceptors (Lipinski definition) is 4. The number of rotatable bonds is 3. The quantitative estimate of drug-likeness (QED) is 0.911. The molecule has 0 spiro atoms. The van der Waals surface area contributed by atoms with Gasteiger partial charge in [0.25, 0.3) is 5.91 Å². The highest BCUT2D eigenvalue weighted by molar-refractivity contribution is 6.31. The van der Waals surface area contributed by atoms with Gasteiger partial charge >= 0.3 is 6.18 Å². The van der Waals surface area contributed by atoms with E-state index in [1.54, 1.807) is 5.10 Å². The predicted molar refractivity (Wildman–Crippen MR) is 67.3 cm³/mol. The topological polar surface area (TPSA) is 79.9 Å². The largest absolute Gasteiger partial charge is 0.496 e. The fraction of sp³-hybridized carbons (Fsp3) is 0.182. The van der Waals surface area contributed by atoms with Gasteiger partial charge in [-0.1, -0.05) is 11.6 Å². The molecule has 1 aromatic heterocycles. The minimum absolute atomic E-state index is 0.0836. The molecule has 0 saturated carbocycles. The maximum atomic E-state index is 12.3. The Morgan fingerprint density at radius 2 is 2.14 bits per heavy atom. The monoisotopic (exact) mass is 320 g/mol. The van der Waals surface area contributed by atoms with E-state index in [-0.39, 0.29) is 11.3 Å². The third-order valence-corrected chi connectivity index (χ3v) is 2.62. The van der Waals surface area contributed by atoms with Crippen LogP contribution in [0.3, 0.4) is 0 Å². The second-order valence-corrected chi connectivity index (χ2v) is 4.24. The average Bonchev–Trinajstić information content (AvgIpc) is 2.86. The van der Waals surface area contributed by atoms with Crippen molar-refractivity contribution in [3.05, 3.63) is 34.6 Å². The lowest BCUT2D eigenvalue weighted by molar-refractivity contribution is -0.144. The number of carbonyl (C=O) groups is 1. The molecule has 0 aliphatic rings. The van der Waals surface area contributed by atoms with E-state index in [4.69, 9.17) is 16.3 Å². The van der Waals surface area contributed by atoms with Gasteiger partial charge in [-0.2, -0.15) is 18.2 Å². The molecule has 0 radical (unpaired) electrons. The van der Waals surface area contributed by atoms with Crippen molar-refractivity contribution in [1.29, 1.82) is 0 Å². The Balaban J connectivity index is 2.20. The number of anilines is 1. The van der Waals surface area contributed by atoms with Crippen LogP contribution in [0.5, 0.6) is 5.75 Å². The Labute approximate surface area is 121 Å². The number of halogens is 4. The number of methoxy groups -OCH3 is 1. The van der Waals surface area contributed by atoms with Crippen LogP contribution in [0.15, 0.2) is 18.2 Å². The highest BCUT2D eigenvalue weighted by Gasteiger charge is 2.35. The lowest BCUT2D eigenvalue weighted by Crippen LogP contribution is -2.14. The van der Waals surface area contributed by atoms with Crippen molar-refractivity contribution in [3.63, 3.8) is 0 Å². The number of amides is 1. The highest BCUT2D eigenvalue weighted by Crippen LogP contribution is 2.27. The summed E-state index contributed by atoms with van der Waals surface area (Å²) in [5, 5.41) is 7.43. The third kappa shape index (κ3) is 3.43. The Kier molecular flexibility index (Phi) is 4.03. The van der Waals surface area contributed by atoms with E-state index < -0.39 is 23.9 Å². The molecule has 10 heteroatoms. The van der Waals surface area contributed by atoms with Crippen LogP contribution in [-0.2, 0) is 6.18 Å². The van der Waals surface area contributed by atoms with Crippen molar-refractivity contribution < 1.29 is 22.7 Å². The minimum Gasteiger partial charge on any atom is -0.496 e. The molecule has 0 aliphatic carbocycles. The molecule has 0 unspecified atom stereocenters. The van der Waals surface area contributed by atoms with E-state index in [2.05, 4.69) is 15.4 Å². The molecule has 2 rings (SSSR count). The lowest BCUT2D eigenvalue weighted by Gasteiger charge is -2.07. The van der Waals surface area contributed by atoms with Crippen molar-refractivity contribution >= 4 is 23.5 Å². The summed E-state index contributed by atoms with van der Waals surface area (Å²) in [5.74, 6) is -2.35. The predicted octanol–water partition coefficient (Wildman–Crippen LogP) is 2.74. The molecule has 2 N–H and O–H groups in total. The number of hydrogen-bond donors (Lipinski definition) is 2. The van der Waals surface area contributed by atoms with Gasteiger partial charge in [-0.15, -0.1) is 5.10 Å². The van der Waals surface area contributed by atoms with Crippen LogP contribution < -0.4 is 10.1 Å². The van der Waals surface area contributed by atoms with Crippen molar-refractivity contribution in [3.8, 4) is 5.75 Å². The molecule has 0 bridgehead atoms. The Morgan fingerprint density at radius 3 is 2.71 bits per heavy atom. The van der Waals surface area contributed by atoms with Gasteiger partial charge in [0.2, 0.25) is 11.8 Å². The third-order valence-electron chi connectivity index (χ3n) is 2.39. The van der Waals surface area contributed by atoms with E-state index in [1.807, 2.05) is 0 Å². The average molecular weight is 321 g/mol. The molecule has 1 heterocycles. The van der Waals surface area contributed by atoms with Crippen LogP contribution in [0.4, 0.5) is 19.1 Å². The van der Waals surface area contributed by atoms with Gasteiger partial charge in [-0.3, -0.25) is 15.2 Å². The molecule has 112 valence electrons. The summed E-state index contributed by atoms with van der Waals surface area (Å²) in [6.45, 7) is 0. The number of ether oxygens (including phenoxy) is 1. The summed E-state index contributed by atoms with van der Waals surface area (Å²) >= 11 is 5.75. The second-order valence-electron chi connectivity index (χ2n) is 3.80. The number of alkyl halides is 3. The zero-order valence-corrected chi connectivity index (χ0v) is 11.2. The first-order chi connectivity index (χ1) is 9.81. The number of nitrogens with one attached hydrogen (secondary N) is 2. The normalized spacial score (nSPS) is 11.3. The first-order valence-corrected chi connectivity index (χ1v) is 5.83. The molecule has 21 heavy (non-hydrogen) atoms. The summed E-state index contributed by atoms with van der Waals surface area (Å²) < 4.78 is 42.0. The number of aromatic amines is 1. The number of carbonyl (C=O) groups excluding carboxylic acids is 1. The van der Waals surface area contributed by atoms with Gasteiger partial charge in [-0.25, -0.2) is 0 Å². The molecule has 2 aromatic rings. The number of benzene rings is 1. The van der Waals surface area contributed by atoms with Crippen LogP contribution in [0.2, 0.25) is 5.02 Å². The maximum Gasteiger partial charge on any atom is 0.451 e. The molecule has 0 fully saturated rings. The molecule has 1 aromatic carbocycles. The minimum atomic E-state index is -4.67. The highest BCUT2D eigenvalue weighted by atomic mass is 35.5. The molecule has 0 aliphatic heterocycles. The molecule has 6 nitrogen and oxygen atoms in total. The summed E-state index contributed by atoms with van der Waals surface area (Å²) in [5.41, 5.74) is 0.0836. The Bertz CT molecular complexity index is 672. The van der Waals surface area contributed by atoms with Crippen molar-refractivity contribution in [1.82, 2.24) is 15.2 Å². The fourth-order valence-corrected chi connectivity index (χ4v) is 1.63. The fourth-order valence-electron chi connectivity index (χ4n) is 1.47. The summed E-state index contributed by atoms with van der Waals surface area (Å²) in [6.07, 6.45) is -4.67. The summed E-state index contributed by atoms with van der Waals surface area (Å²) in [6, 6.07) is 4.21. The first-order valence-electron chi connectivity index (χ1n) is 5.45. The standard InChI is InChI=1S/C11H8ClF3N4O2/c1-21-7-4-5(12)2-3-6(7)8(20)16-10-17-9(18-19-10)11(13,14)15/h2-4H,1H3,(H2,16,17,18,19,20). The maximum absolute atomic E-state index is 12.3. The smallest absolute Gasteiger partial charge is 0.451 e. The van der Waals surface area contributed by atoms with E-state index in [0.29, 0.717) is 5.02 Å². The van der Waals surface area contributed by atoms with Gasteiger partial charge in [0.1, 0.15) is 5.75 Å². The lowest BCUT2D eigenvalue weighted by atomic mass is 10.2. The van der Waals surface area contributed by atoms with E-state index in [0.717, 1.165) is 0 Å². The van der Waals surface area contributed by atoms with Gasteiger partial charge in [0, 0.05) is 5.02 Å². The van der Waals surface area contributed by atoms with Crippen LogP contribution >= 0.6 is 11.6 Å². The van der Waals surface area contributed by atoms with Crippen LogP contribution in [-0.4, -0.2) is 28.2 Å². The molecule has 0 saturated heterocycles. The number of nitrogens with zero attached hydrogens (tertiary/aromatic N) is 2. The SMILES string of the molecule is COc1cc(Cl)ccc1C(=O)Nc1n[nH]c(C(F)(F)F)n1. The van der Waals surface area contributed by atoms with Gasteiger partial charge in [0.05, 0.1) is 12.7 Å². The van der Waals surface area contributed by atoms with Gasteiger partial charge in [0.15, 0.2) is 0 Å². The van der Waals surface area contributed by atoms with Crippen LogP contribution in [0, 0.1) is 0 Å². The van der Waals surface area contributed by atoms with Crippen LogP contribution in [0.25, 0.3) is 0 Å². The molecule has 0 atom stereocenters. The Hall–Kier alpha value is -2.29. The summed E-state index contributed by atoms with van der Waals surface area (Å²) in [7, 11) is 1.33. The summed E-state index contributed by atoms with van der Waals surface area (Å²) in [4.78, 5) is 15.1. The first kappa shape index (κ1) is 15.1. The Morgan fingerprint density at radius 1 is 1.43 bits per heavy atom.